The Morgan fingerprint density at radius 1 is 1.12 bits per heavy atom. The van der Waals surface area contributed by atoms with Gasteiger partial charge in [-0.1, -0.05) is 18.6 Å². The van der Waals surface area contributed by atoms with Crippen molar-refractivity contribution in [2.24, 2.45) is 0 Å². The zero-order valence-electron chi connectivity index (χ0n) is 24.7. The van der Waals surface area contributed by atoms with Crippen LogP contribution in [-0.2, 0) is 36.4 Å². The summed E-state index contributed by atoms with van der Waals surface area (Å²) in [5, 5.41) is 29.7. The third-order valence-electron chi connectivity index (χ3n) is 7.24. The number of hydrogen-bond donors (Lipinski definition) is 10. The number of aromatic nitrogens is 2. The standard InChI is InChI=1S/C22H35N6O16P3S/c23-19-11(4-3-7-24-15(29)6-2-1-5-14-16-12(10-48-14)25-21(32)26-16)8-28(22(33)27-19)20-18(31)17(30)13(42-20)9-41-46(37,38)44-47(39,40)43-45(34,35)36/h3-4,8,12-14,16-18,20,30-31H,1-2,5-7,9-10H2,(H,24,29)(H,37,38)(H,39,40)(H2,23,27,33)(H2,25,26,32)(H2,34,35,36)/b4-3+. The van der Waals surface area contributed by atoms with Crippen LogP contribution in [0.3, 0.4) is 0 Å². The number of unbranched alkanes of at least 4 members (excludes halogenated alkanes) is 1. The number of nitrogens with two attached hydrogens (primary N) is 1. The predicted molar refractivity (Wildman–Crippen MR) is 165 cm³/mol. The number of phosphoric acid groups is 3. The van der Waals surface area contributed by atoms with Gasteiger partial charge in [-0.3, -0.25) is 13.9 Å². The fourth-order valence-electron chi connectivity index (χ4n) is 5.10. The average Bonchev–Trinajstić information content (AvgIpc) is 3.59. The van der Waals surface area contributed by atoms with Crippen molar-refractivity contribution in [2.75, 3.05) is 24.6 Å². The second kappa shape index (κ2) is 15.8. The highest BCUT2D eigenvalue weighted by Gasteiger charge is 2.47. The first-order valence-electron chi connectivity index (χ1n) is 14.1. The van der Waals surface area contributed by atoms with Crippen LogP contribution in [0.25, 0.3) is 6.08 Å². The lowest BCUT2D eigenvalue weighted by Crippen LogP contribution is -2.36. The Kier molecular flexibility index (Phi) is 12.7. The van der Waals surface area contributed by atoms with Gasteiger partial charge < -0.3 is 56.2 Å². The van der Waals surface area contributed by atoms with E-state index >= 15 is 0 Å². The van der Waals surface area contributed by atoms with Crippen LogP contribution >= 0.6 is 35.2 Å². The van der Waals surface area contributed by atoms with Crippen molar-refractivity contribution in [3.05, 3.63) is 28.3 Å². The van der Waals surface area contributed by atoms with E-state index in [0.717, 1.165) is 29.4 Å². The normalized spacial score (nSPS) is 29.6. The average molecular weight is 765 g/mol. The third-order valence-corrected chi connectivity index (χ3v) is 12.5. The smallest absolute Gasteiger partial charge is 0.387 e. The first-order valence-corrected chi connectivity index (χ1v) is 19.7. The molecule has 0 aromatic carbocycles. The number of anilines is 1. The molecule has 4 rings (SSSR count). The van der Waals surface area contributed by atoms with Crippen molar-refractivity contribution in [1.82, 2.24) is 25.5 Å². The van der Waals surface area contributed by atoms with Gasteiger partial charge in [-0.15, -0.1) is 0 Å². The minimum atomic E-state index is -5.80. The molecule has 0 bridgehead atoms. The predicted octanol–water partition coefficient (Wildman–Crippen LogP) is -1.36. The molecule has 22 nitrogen and oxygen atoms in total. The summed E-state index contributed by atoms with van der Waals surface area (Å²) >= 11 is 1.80. The molecule has 3 fully saturated rings. The van der Waals surface area contributed by atoms with E-state index in [4.69, 9.17) is 20.3 Å². The second-order valence-corrected chi connectivity index (χ2v) is 16.5. The highest BCUT2D eigenvalue weighted by atomic mass is 32.2. The van der Waals surface area contributed by atoms with Crippen LogP contribution in [0.15, 0.2) is 17.1 Å². The number of rotatable bonds is 16. The Balaban J connectivity index is 1.25. The van der Waals surface area contributed by atoms with Crippen LogP contribution in [0.5, 0.6) is 0 Å². The molecular formula is C22H35N6O16P3S. The molecule has 48 heavy (non-hydrogen) atoms. The zero-order chi connectivity index (χ0) is 35.4. The van der Waals surface area contributed by atoms with Crippen molar-refractivity contribution in [2.45, 2.75) is 67.6 Å². The molecule has 3 aliphatic heterocycles. The second-order valence-electron chi connectivity index (χ2n) is 10.8. The van der Waals surface area contributed by atoms with Gasteiger partial charge in [0.15, 0.2) is 6.23 Å². The number of amides is 3. The van der Waals surface area contributed by atoms with Crippen molar-refractivity contribution in [3.8, 4) is 0 Å². The van der Waals surface area contributed by atoms with E-state index in [1.807, 2.05) is 0 Å². The Bertz CT molecular complexity index is 1590. The van der Waals surface area contributed by atoms with E-state index in [0.29, 0.717) is 18.1 Å². The van der Waals surface area contributed by atoms with Crippen LogP contribution in [0, 0.1) is 0 Å². The molecule has 0 spiro atoms. The Morgan fingerprint density at radius 3 is 2.56 bits per heavy atom. The number of aliphatic hydroxyl groups is 2. The number of urea groups is 1. The number of nitrogen functional groups attached to an aromatic ring is 1. The largest absolute Gasteiger partial charge is 0.490 e. The summed E-state index contributed by atoms with van der Waals surface area (Å²) < 4.78 is 52.0. The van der Waals surface area contributed by atoms with Crippen LogP contribution in [-0.4, -0.2) is 106 Å². The Morgan fingerprint density at radius 2 is 1.85 bits per heavy atom. The van der Waals surface area contributed by atoms with Gasteiger partial charge in [-0.25, -0.2) is 23.3 Å². The SMILES string of the molecule is Nc1nc(=O)n(C2OC(COP(=O)(O)OP(=O)(O)OP(=O)(O)O)C(O)C2O)cc1/C=C/CNC(=O)CCCCC1SCC2NC(=O)NC21. The summed E-state index contributed by atoms with van der Waals surface area (Å²) in [6, 6.07) is 0.0942. The van der Waals surface area contributed by atoms with Crippen molar-refractivity contribution in [3.63, 3.8) is 0 Å². The minimum absolute atomic E-state index is 0.0985. The van der Waals surface area contributed by atoms with Gasteiger partial charge in [0.1, 0.15) is 24.1 Å². The van der Waals surface area contributed by atoms with Gasteiger partial charge in [0.05, 0.1) is 18.7 Å². The number of fused-ring (bicyclic) bond motifs is 1. The molecule has 0 aliphatic carbocycles. The van der Waals surface area contributed by atoms with Crippen molar-refractivity contribution < 1.29 is 71.0 Å². The van der Waals surface area contributed by atoms with Crippen LogP contribution in [0.1, 0.15) is 37.5 Å². The number of nitrogens with zero attached hydrogens (tertiary/aromatic N) is 2. The molecule has 9 atom stereocenters. The topological polar surface area (TPSA) is 341 Å². The highest BCUT2D eigenvalue weighted by molar-refractivity contribution is 8.00. The Labute approximate surface area is 275 Å². The zero-order valence-corrected chi connectivity index (χ0v) is 28.2. The number of phosphoric ester groups is 1. The summed E-state index contributed by atoms with van der Waals surface area (Å²) in [5.41, 5.74) is 4.98. The molecule has 1 aromatic heterocycles. The molecular weight excluding hydrogens is 729 g/mol. The molecule has 26 heteroatoms. The molecule has 270 valence electrons. The lowest BCUT2D eigenvalue weighted by molar-refractivity contribution is -0.121. The number of ether oxygens (including phenoxy) is 1. The maximum Gasteiger partial charge on any atom is 0.490 e. The number of carbonyl (C=O) groups is 2. The number of carbonyl (C=O) groups excluding carboxylic acids is 2. The summed E-state index contributed by atoms with van der Waals surface area (Å²) in [5.74, 6) is 0.454. The van der Waals surface area contributed by atoms with Crippen LogP contribution in [0.4, 0.5) is 10.6 Å². The molecule has 3 saturated heterocycles. The third kappa shape index (κ3) is 10.6. The molecule has 3 amide bonds. The van der Waals surface area contributed by atoms with E-state index in [2.05, 4.69) is 34.1 Å². The molecule has 3 aliphatic rings. The van der Waals surface area contributed by atoms with Crippen LogP contribution < -0.4 is 27.4 Å². The highest BCUT2D eigenvalue weighted by Crippen LogP contribution is 2.66. The Hall–Kier alpha value is -2.20. The van der Waals surface area contributed by atoms with Crippen molar-refractivity contribution in [1.29, 1.82) is 0 Å². The van der Waals surface area contributed by atoms with Gasteiger partial charge in [-0.2, -0.15) is 25.4 Å². The van der Waals surface area contributed by atoms with Gasteiger partial charge in [0.25, 0.3) is 0 Å². The lowest BCUT2D eigenvalue weighted by atomic mass is 10.0. The molecule has 4 heterocycles. The van der Waals surface area contributed by atoms with E-state index in [-0.39, 0.29) is 41.9 Å². The molecule has 0 radical (unpaired) electrons. The fourth-order valence-corrected chi connectivity index (χ4v) is 9.67. The quantitative estimate of drug-likeness (QED) is 0.0528. The maximum atomic E-state index is 12.5. The van der Waals surface area contributed by atoms with Gasteiger partial charge in [0.2, 0.25) is 5.91 Å². The van der Waals surface area contributed by atoms with Gasteiger partial charge >= 0.3 is 35.2 Å². The van der Waals surface area contributed by atoms with Gasteiger partial charge in [0, 0.05) is 35.7 Å². The summed E-state index contributed by atoms with van der Waals surface area (Å²) in [6.45, 7) is -0.987. The number of aliphatic hydroxyl groups excluding tert-OH is 2. The van der Waals surface area contributed by atoms with E-state index < -0.39 is 60.3 Å². The van der Waals surface area contributed by atoms with E-state index in [9.17, 15) is 48.1 Å². The monoisotopic (exact) mass is 764 g/mol. The lowest BCUT2D eigenvalue weighted by Gasteiger charge is -2.19. The fraction of sp³-hybridized carbons (Fsp3) is 0.636. The summed E-state index contributed by atoms with van der Waals surface area (Å²) in [6.07, 6.45) is -0.219. The molecule has 9 unspecified atom stereocenters. The maximum absolute atomic E-state index is 12.5. The number of nitrogens with one attached hydrogen (secondary N) is 3. The number of hydrogen-bond acceptors (Lipinski definition) is 15. The molecule has 11 N–H and O–H groups in total. The molecule has 1 aromatic rings. The number of thioether (sulfide) groups is 1. The van der Waals surface area contributed by atoms with E-state index in [1.54, 1.807) is 11.8 Å². The van der Waals surface area contributed by atoms with Crippen molar-refractivity contribution >= 4 is 59.1 Å². The van der Waals surface area contributed by atoms with E-state index in [1.165, 1.54) is 12.2 Å². The first-order chi connectivity index (χ1) is 22.3. The van der Waals surface area contributed by atoms with Crippen LogP contribution in [0.2, 0.25) is 0 Å². The summed E-state index contributed by atoms with van der Waals surface area (Å²) in [4.78, 5) is 76.0. The summed E-state index contributed by atoms with van der Waals surface area (Å²) in [7, 11) is -17.0. The minimum Gasteiger partial charge on any atom is -0.387 e. The first kappa shape index (κ1) is 38.6. The van der Waals surface area contributed by atoms with Gasteiger partial charge in [-0.05, 0) is 12.8 Å². The molecule has 0 saturated carbocycles.